The van der Waals surface area contributed by atoms with Crippen LogP contribution in [-0.4, -0.2) is 25.1 Å². The molecule has 4 nitrogen and oxygen atoms in total. The number of benzene rings is 1. The topological polar surface area (TPSA) is 50.4 Å². The van der Waals surface area contributed by atoms with Gasteiger partial charge in [0.1, 0.15) is 18.7 Å². The number of hydrogen-bond donors (Lipinski definition) is 2. The maximum atomic E-state index is 12.4. The van der Waals surface area contributed by atoms with E-state index in [1.807, 2.05) is 19.9 Å². The molecule has 20 heavy (non-hydrogen) atoms. The van der Waals surface area contributed by atoms with Crippen LogP contribution in [0.4, 0.5) is 4.39 Å². The van der Waals surface area contributed by atoms with Crippen molar-refractivity contribution in [3.8, 4) is 5.75 Å². The first kappa shape index (κ1) is 14.4. The minimum absolute atomic E-state index is 0.0673. The summed E-state index contributed by atoms with van der Waals surface area (Å²) < 4.78 is 17.9. The third kappa shape index (κ3) is 3.10. The van der Waals surface area contributed by atoms with Gasteiger partial charge in [0, 0.05) is 18.2 Å². The number of halogens is 1. The molecule has 0 unspecified atom stereocenters. The lowest BCUT2D eigenvalue weighted by molar-refractivity contribution is 0.0897. The highest BCUT2D eigenvalue weighted by Crippen LogP contribution is 2.26. The van der Waals surface area contributed by atoms with Gasteiger partial charge in [-0.15, -0.1) is 0 Å². The number of nitrogens with one attached hydrogen (secondary N) is 2. The Morgan fingerprint density at radius 1 is 1.55 bits per heavy atom. The van der Waals surface area contributed by atoms with Crippen LogP contribution in [0.2, 0.25) is 0 Å². The number of amides is 1. The fraction of sp³-hybridized carbons (Fsp3) is 0.400. The fourth-order valence-corrected chi connectivity index (χ4v) is 2.24. The molecule has 0 spiro atoms. The second-order valence-electron chi connectivity index (χ2n) is 5.51. The van der Waals surface area contributed by atoms with Crippen LogP contribution in [0.25, 0.3) is 0 Å². The lowest BCUT2D eigenvalue weighted by Gasteiger charge is -2.32. The zero-order valence-electron chi connectivity index (χ0n) is 11.9. The van der Waals surface area contributed by atoms with Crippen molar-refractivity contribution in [2.45, 2.75) is 25.8 Å². The summed E-state index contributed by atoms with van der Waals surface area (Å²) in [4.78, 5) is 12.0. The lowest BCUT2D eigenvalue weighted by Crippen LogP contribution is -2.49. The summed E-state index contributed by atoms with van der Waals surface area (Å²) in [5.74, 6) is 0.561. The Labute approximate surface area is 118 Å². The highest BCUT2D eigenvalue weighted by atomic mass is 19.1. The van der Waals surface area contributed by atoms with Crippen LogP contribution in [-0.2, 0) is 6.42 Å². The van der Waals surface area contributed by atoms with Gasteiger partial charge in [-0.05, 0) is 44.0 Å². The van der Waals surface area contributed by atoms with Crippen molar-refractivity contribution in [3.05, 3.63) is 41.4 Å². The standard InChI is InChI=1S/C15H19FN2O2/c1-15(2)7-10-6-12(20-9-11(8-16)17-3)4-5-13(10)14(19)18-15/h4-6,8,17H,7,9H2,1-3H3,(H,18,19)/b11-8+. The third-order valence-electron chi connectivity index (χ3n) is 3.25. The molecule has 0 atom stereocenters. The van der Waals surface area contributed by atoms with E-state index in [1.165, 1.54) is 0 Å². The van der Waals surface area contributed by atoms with Crippen LogP contribution >= 0.6 is 0 Å². The molecule has 2 rings (SSSR count). The van der Waals surface area contributed by atoms with Gasteiger partial charge in [0.05, 0.1) is 5.70 Å². The van der Waals surface area contributed by atoms with Crippen LogP contribution in [0.3, 0.4) is 0 Å². The molecule has 0 radical (unpaired) electrons. The molecule has 0 fully saturated rings. The van der Waals surface area contributed by atoms with Gasteiger partial charge in [0.15, 0.2) is 0 Å². The monoisotopic (exact) mass is 278 g/mol. The van der Waals surface area contributed by atoms with Crippen molar-refractivity contribution in [3.63, 3.8) is 0 Å². The Kier molecular flexibility index (Phi) is 3.97. The highest BCUT2D eigenvalue weighted by molar-refractivity contribution is 5.97. The maximum Gasteiger partial charge on any atom is 0.251 e. The Morgan fingerprint density at radius 3 is 2.95 bits per heavy atom. The molecule has 0 saturated heterocycles. The number of fused-ring (bicyclic) bond motifs is 1. The second-order valence-corrected chi connectivity index (χ2v) is 5.51. The summed E-state index contributed by atoms with van der Waals surface area (Å²) >= 11 is 0. The van der Waals surface area contributed by atoms with E-state index in [-0.39, 0.29) is 18.1 Å². The highest BCUT2D eigenvalue weighted by Gasteiger charge is 2.29. The summed E-state index contributed by atoms with van der Waals surface area (Å²) in [6, 6.07) is 5.32. The smallest absolute Gasteiger partial charge is 0.251 e. The lowest BCUT2D eigenvalue weighted by atomic mass is 9.87. The third-order valence-corrected chi connectivity index (χ3v) is 3.25. The van der Waals surface area contributed by atoms with Gasteiger partial charge in [-0.1, -0.05) is 0 Å². The van der Waals surface area contributed by atoms with Gasteiger partial charge in [-0.3, -0.25) is 4.79 Å². The molecule has 5 heteroatoms. The Morgan fingerprint density at radius 2 is 2.30 bits per heavy atom. The summed E-state index contributed by atoms with van der Waals surface area (Å²) in [6.45, 7) is 4.08. The Balaban J connectivity index is 2.17. The van der Waals surface area contributed by atoms with Crippen LogP contribution in [0, 0.1) is 0 Å². The summed E-state index contributed by atoms with van der Waals surface area (Å²) in [5.41, 5.74) is 1.72. The van der Waals surface area contributed by atoms with Crippen LogP contribution < -0.4 is 15.4 Å². The molecule has 0 bridgehead atoms. The van der Waals surface area contributed by atoms with E-state index in [0.29, 0.717) is 23.3 Å². The number of likely N-dealkylation sites (N-methyl/N-ethyl adjacent to an activating group) is 1. The Hall–Kier alpha value is -2.04. The van der Waals surface area contributed by atoms with Crippen LogP contribution in [0.15, 0.2) is 30.2 Å². The van der Waals surface area contributed by atoms with Gasteiger partial charge < -0.3 is 15.4 Å². The molecular formula is C15H19FN2O2. The van der Waals surface area contributed by atoms with E-state index < -0.39 is 0 Å². The van der Waals surface area contributed by atoms with E-state index in [4.69, 9.17) is 4.74 Å². The molecular weight excluding hydrogens is 259 g/mol. The van der Waals surface area contributed by atoms with Gasteiger partial charge >= 0.3 is 0 Å². The molecule has 0 saturated carbocycles. The van der Waals surface area contributed by atoms with Gasteiger partial charge in [0.2, 0.25) is 0 Å². The van der Waals surface area contributed by atoms with E-state index in [9.17, 15) is 9.18 Å². The maximum absolute atomic E-state index is 12.4. The summed E-state index contributed by atoms with van der Waals surface area (Å²) in [7, 11) is 1.63. The fourth-order valence-electron chi connectivity index (χ4n) is 2.24. The number of rotatable bonds is 4. The van der Waals surface area contributed by atoms with Crippen molar-refractivity contribution in [2.24, 2.45) is 0 Å². The van der Waals surface area contributed by atoms with E-state index in [2.05, 4.69) is 10.6 Å². The van der Waals surface area contributed by atoms with Crippen LogP contribution in [0.5, 0.6) is 5.75 Å². The summed E-state index contributed by atoms with van der Waals surface area (Å²) in [5, 5.41) is 5.65. The summed E-state index contributed by atoms with van der Waals surface area (Å²) in [6.07, 6.45) is 1.22. The number of carbonyl (C=O) groups excluding carboxylic acids is 1. The number of carbonyl (C=O) groups is 1. The van der Waals surface area contributed by atoms with Gasteiger partial charge in [-0.2, -0.15) is 0 Å². The average molecular weight is 278 g/mol. The number of hydrogen-bond acceptors (Lipinski definition) is 3. The molecule has 2 N–H and O–H groups in total. The van der Waals surface area contributed by atoms with Crippen LogP contribution in [0.1, 0.15) is 29.8 Å². The first-order chi connectivity index (χ1) is 9.45. The molecule has 0 aromatic heterocycles. The molecule has 1 aliphatic heterocycles. The normalized spacial score (nSPS) is 17.2. The zero-order chi connectivity index (χ0) is 14.8. The van der Waals surface area contributed by atoms with Crippen molar-refractivity contribution in [1.29, 1.82) is 0 Å². The van der Waals surface area contributed by atoms with E-state index in [1.54, 1.807) is 19.2 Å². The molecule has 1 aromatic carbocycles. The Bertz CT molecular complexity index is 553. The number of ether oxygens (including phenoxy) is 1. The molecule has 0 aliphatic carbocycles. The quantitative estimate of drug-likeness (QED) is 0.887. The molecule has 1 aromatic rings. The second kappa shape index (κ2) is 5.53. The van der Waals surface area contributed by atoms with Crippen molar-refractivity contribution in [2.75, 3.05) is 13.7 Å². The minimum atomic E-state index is -0.266. The van der Waals surface area contributed by atoms with Crippen molar-refractivity contribution in [1.82, 2.24) is 10.6 Å². The zero-order valence-corrected chi connectivity index (χ0v) is 11.9. The van der Waals surface area contributed by atoms with Gasteiger partial charge in [0.25, 0.3) is 5.91 Å². The molecule has 1 aliphatic rings. The molecule has 108 valence electrons. The predicted molar refractivity (Wildman–Crippen MR) is 75.4 cm³/mol. The van der Waals surface area contributed by atoms with Crippen molar-refractivity contribution < 1.29 is 13.9 Å². The molecule has 1 heterocycles. The molecule has 1 amide bonds. The minimum Gasteiger partial charge on any atom is -0.487 e. The first-order valence-electron chi connectivity index (χ1n) is 6.50. The average Bonchev–Trinajstić information content (AvgIpc) is 2.38. The largest absolute Gasteiger partial charge is 0.487 e. The first-order valence-corrected chi connectivity index (χ1v) is 6.50. The van der Waals surface area contributed by atoms with Gasteiger partial charge in [-0.25, -0.2) is 4.39 Å². The SMILES string of the molecule is CN/C(=C/F)COc1ccc2c(c1)CC(C)(C)NC2=O. The van der Waals surface area contributed by atoms with E-state index >= 15 is 0 Å². The van der Waals surface area contributed by atoms with E-state index in [0.717, 1.165) is 12.0 Å². The predicted octanol–water partition coefficient (Wildman–Crippen LogP) is 2.16. The van der Waals surface area contributed by atoms with Crippen molar-refractivity contribution >= 4 is 5.91 Å².